The van der Waals surface area contributed by atoms with Gasteiger partial charge in [-0.3, -0.25) is 0 Å². The molecule has 2 aliphatic rings. The Morgan fingerprint density at radius 3 is 2.33 bits per heavy atom. The van der Waals surface area contributed by atoms with Crippen LogP contribution in [0.1, 0.15) is 30.5 Å². The predicted molar refractivity (Wildman–Crippen MR) is 122 cm³/mol. The van der Waals surface area contributed by atoms with Gasteiger partial charge < -0.3 is 9.64 Å². The molecular formula is C26H25N3O. The van der Waals surface area contributed by atoms with Gasteiger partial charge in [0.05, 0.1) is 16.8 Å². The normalized spacial score (nSPS) is 21.0. The third-order valence-electron chi connectivity index (χ3n) is 6.40. The summed E-state index contributed by atoms with van der Waals surface area (Å²) in [5.74, 6) is 0.861. The highest BCUT2D eigenvalue weighted by Crippen LogP contribution is 2.54. The monoisotopic (exact) mass is 395 g/mol. The summed E-state index contributed by atoms with van der Waals surface area (Å²) in [5, 5.41) is 8.76. The number of nitrogens with zero attached hydrogens (tertiary/aromatic N) is 3. The fourth-order valence-electron chi connectivity index (χ4n) is 4.55. The van der Waals surface area contributed by atoms with Crippen molar-refractivity contribution < 1.29 is 4.74 Å². The molecule has 0 bridgehead atoms. The van der Waals surface area contributed by atoms with E-state index < -0.39 is 5.72 Å². The first kappa shape index (κ1) is 18.6. The van der Waals surface area contributed by atoms with Gasteiger partial charge in [0, 0.05) is 18.3 Å². The molecule has 0 aromatic heterocycles. The van der Waals surface area contributed by atoms with Crippen molar-refractivity contribution >= 4 is 23.1 Å². The largest absolute Gasteiger partial charge is 0.463 e. The third kappa shape index (κ3) is 2.67. The molecule has 0 amide bonds. The van der Waals surface area contributed by atoms with Crippen molar-refractivity contribution in [2.24, 2.45) is 10.2 Å². The van der Waals surface area contributed by atoms with E-state index in [-0.39, 0.29) is 5.41 Å². The molecule has 150 valence electrons. The zero-order valence-corrected chi connectivity index (χ0v) is 17.8. The Labute approximate surface area is 177 Å². The quantitative estimate of drug-likeness (QED) is 0.441. The van der Waals surface area contributed by atoms with E-state index in [1.165, 1.54) is 16.8 Å². The number of azo groups is 1. The highest BCUT2D eigenvalue weighted by atomic mass is 16.5. The third-order valence-corrected chi connectivity index (χ3v) is 6.40. The Morgan fingerprint density at radius 2 is 1.57 bits per heavy atom. The summed E-state index contributed by atoms with van der Waals surface area (Å²) in [7, 11) is 2.10. The van der Waals surface area contributed by atoms with Crippen molar-refractivity contribution in [3.8, 4) is 5.75 Å². The SMILES string of the molecule is Cc1ccc(N=Nc2ccc3c(c2)C=CC2(O3)N(C)c3ccccc3C2(C)C)cc1. The van der Waals surface area contributed by atoms with Crippen LogP contribution < -0.4 is 9.64 Å². The molecule has 3 aromatic carbocycles. The maximum Gasteiger partial charge on any atom is 0.211 e. The number of anilines is 1. The smallest absolute Gasteiger partial charge is 0.211 e. The molecule has 4 nitrogen and oxygen atoms in total. The molecule has 0 aliphatic carbocycles. The van der Waals surface area contributed by atoms with Crippen LogP contribution in [-0.2, 0) is 5.41 Å². The number of fused-ring (bicyclic) bond motifs is 2. The predicted octanol–water partition coefficient (Wildman–Crippen LogP) is 6.94. The number of para-hydroxylation sites is 1. The summed E-state index contributed by atoms with van der Waals surface area (Å²) in [6.07, 6.45) is 4.32. The number of hydrogen-bond acceptors (Lipinski definition) is 4. The second kappa shape index (κ2) is 6.56. The number of aryl methyl sites for hydroxylation is 1. The summed E-state index contributed by atoms with van der Waals surface area (Å²) in [6.45, 7) is 6.55. The minimum absolute atomic E-state index is 0.198. The van der Waals surface area contributed by atoms with Gasteiger partial charge in [-0.25, -0.2) is 0 Å². The minimum atomic E-state index is -0.561. The van der Waals surface area contributed by atoms with Crippen molar-refractivity contribution in [3.05, 3.63) is 89.5 Å². The summed E-state index contributed by atoms with van der Waals surface area (Å²) in [5.41, 5.74) is 5.62. The lowest BCUT2D eigenvalue weighted by Crippen LogP contribution is -2.58. The fraction of sp³-hybridized carbons (Fsp3) is 0.231. The highest BCUT2D eigenvalue weighted by Gasteiger charge is 2.57. The molecule has 30 heavy (non-hydrogen) atoms. The maximum atomic E-state index is 6.69. The molecule has 4 heteroatoms. The van der Waals surface area contributed by atoms with E-state index in [2.05, 4.69) is 79.4 Å². The zero-order chi connectivity index (χ0) is 20.9. The van der Waals surface area contributed by atoms with Gasteiger partial charge in [-0.05, 0) is 74.9 Å². The Morgan fingerprint density at radius 1 is 0.867 bits per heavy atom. The summed E-state index contributed by atoms with van der Waals surface area (Å²) in [6, 6.07) is 22.5. The van der Waals surface area contributed by atoms with Gasteiger partial charge in [0.15, 0.2) is 0 Å². The standard InChI is InChI=1S/C26H25N3O/c1-18-9-11-20(12-10-18)27-28-21-13-14-24-19(17-21)15-16-26(30-24)25(2,3)22-7-5-6-8-23(22)29(26)4/h5-17H,1-4H3. The molecule has 1 atom stereocenters. The van der Waals surface area contributed by atoms with Gasteiger partial charge in [0.25, 0.3) is 0 Å². The van der Waals surface area contributed by atoms with E-state index in [9.17, 15) is 0 Å². The molecule has 2 heterocycles. The molecule has 0 fully saturated rings. The van der Waals surface area contributed by atoms with Crippen LogP contribution in [0, 0.1) is 6.92 Å². The molecule has 0 radical (unpaired) electrons. The van der Waals surface area contributed by atoms with Crippen molar-refractivity contribution in [3.63, 3.8) is 0 Å². The van der Waals surface area contributed by atoms with Crippen LogP contribution >= 0.6 is 0 Å². The maximum absolute atomic E-state index is 6.69. The topological polar surface area (TPSA) is 37.2 Å². The van der Waals surface area contributed by atoms with Crippen molar-refractivity contribution in [1.29, 1.82) is 0 Å². The molecular weight excluding hydrogens is 370 g/mol. The van der Waals surface area contributed by atoms with E-state index in [0.717, 1.165) is 22.7 Å². The first-order chi connectivity index (χ1) is 14.4. The first-order valence-electron chi connectivity index (χ1n) is 10.2. The second-order valence-electron chi connectivity index (χ2n) is 8.59. The number of hydrogen-bond donors (Lipinski definition) is 0. The first-order valence-corrected chi connectivity index (χ1v) is 10.2. The van der Waals surface area contributed by atoms with E-state index >= 15 is 0 Å². The summed E-state index contributed by atoms with van der Waals surface area (Å²) < 4.78 is 6.69. The molecule has 0 saturated heterocycles. The Kier molecular flexibility index (Phi) is 4.07. The second-order valence-corrected chi connectivity index (χ2v) is 8.59. The van der Waals surface area contributed by atoms with E-state index in [1.807, 2.05) is 42.5 Å². The molecule has 1 spiro atoms. The average molecular weight is 396 g/mol. The van der Waals surface area contributed by atoms with Crippen LogP contribution in [0.5, 0.6) is 5.75 Å². The van der Waals surface area contributed by atoms with Gasteiger partial charge >= 0.3 is 0 Å². The van der Waals surface area contributed by atoms with Crippen molar-refractivity contribution in [2.75, 3.05) is 11.9 Å². The number of rotatable bonds is 2. The van der Waals surface area contributed by atoms with Gasteiger partial charge in [0.1, 0.15) is 5.75 Å². The van der Waals surface area contributed by atoms with Gasteiger partial charge in [-0.2, -0.15) is 10.2 Å². The Hall–Kier alpha value is -3.40. The van der Waals surface area contributed by atoms with Crippen LogP contribution in [0.3, 0.4) is 0 Å². The lowest BCUT2D eigenvalue weighted by molar-refractivity contribution is 0.0582. The Bertz CT molecular complexity index is 1180. The summed E-state index contributed by atoms with van der Waals surface area (Å²) in [4.78, 5) is 2.24. The van der Waals surface area contributed by atoms with Crippen molar-refractivity contribution in [2.45, 2.75) is 31.9 Å². The van der Waals surface area contributed by atoms with E-state index in [1.54, 1.807) is 0 Å². The lowest BCUT2D eigenvalue weighted by Gasteiger charge is -2.45. The summed E-state index contributed by atoms with van der Waals surface area (Å²) >= 11 is 0. The van der Waals surface area contributed by atoms with Crippen LogP contribution in [0.15, 0.2) is 83.0 Å². The fourth-order valence-corrected chi connectivity index (χ4v) is 4.55. The van der Waals surface area contributed by atoms with Crippen LogP contribution in [0.25, 0.3) is 6.08 Å². The van der Waals surface area contributed by atoms with Gasteiger partial charge in [0.2, 0.25) is 5.72 Å². The zero-order valence-electron chi connectivity index (χ0n) is 17.8. The number of ether oxygens (including phenoxy) is 1. The minimum Gasteiger partial charge on any atom is -0.463 e. The molecule has 1 unspecified atom stereocenters. The van der Waals surface area contributed by atoms with Crippen LogP contribution in [0.4, 0.5) is 17.1 Å². The van der Waals surface area contributed by atoms with Gasteiger partial charge in [-0.1, -0.05) is 35.9 Å². The Balaban J connectivity index is 1.47. The molecule has 5 rings (SSSR count). The molecule has 2 aliphatic heterocycles. The lowest BCUT2D eigenvalue weighted by atomic mass is 9.76. The highest BCUT2D eigenvalue weighted by molar-refractivity contribution is 5.73. The number of likely N-dealkylation sites (N-methyl/N-ethyl adjacent to an activating group) is 1. The average Bonchev–Trinajstić information content (AvgIpc) is 2.92. The number of benzene rings is 3. The van der Waals surface area contributed by atoms with E-state index in [0.29, 0.717) is 0 Å². The molecule has 0 N–H and O–H groups in total. The van der Waals surface area contributed by atoms with Gasteiger partial charge in [-0.15, -0.1) is 0 Å². The molecule has 3 aromatic rings. The van der Waals surface area contributed by atoms with E-state index in [4.69, 9.17) is 4.74 Å². The van der Waals surface area contributed by atoms with Crippen LogP contribution in [0.2, 0.25) is 0 Å². The molecule has 0 saturated carbocycles. The van der Waals surface area contributed by atoms with Crippen LogP contribution in [-0.4, -0.2) is 12.8 Å². The van der Waals surface area contributed by atoms with Crippen molar-refractivity contribution in [1.82, 2.24) is 0 Å².